The van der Waals surface area contributed by atoms with Gasteiger partial charge in [0.15, 0.2) is 0 Å². The fraction of sp³-hybridized carbons (Fsp3) is 0. The molecular formula is I5V-5. The molecule has 0 amide bonds. The molecule has 0 aromatic rings. The van der Waals surface area contributed by atoms with Crippen molar-refractivity contribution in [3.63, 3.8) is 0 Å². The third kappa shape index (κ3) is 24.0. The molecule has 0 saturated heterocycles. The predicted molar refractivity (Wildman–Crippen MR) is 0 cm³/mol. The van der Waals surface area contributed by atoms with Crippen LogP contribution in [0.15, 0.2) is 0 Å². The van der Waals surface area contributed by atoms with Crippen molar-refractivity contribution in [2.24, 2.45) is 0 Å². The zero-order chi connectivity index (χ0) is 0. The smallest absolute Gasteiger partial charge is 0 e. The zero-order valence-electron chi connectivity index (χ0n) is 2.34. The van der Waals surface area contributed by atoms with Crippen LogP contribution >= 0.6 is 0 Å². The molecule has 6 heteroatoms. The Balaban J connectivity index is 0. The second-order valence-electron chi connectivity index (χ2n) is 0. The molecule has 0 aliphatic rings. The maximum Gasteiger partial charge on any atom is 0 e. The monoisotopic (exact) mass is 685 g/mol. The molecule has 0 aliphatic carbocycles. The molecular weight excluding hydrogens is 685 g/mol. The molecule has 6 heavy (non-hydrogen) atoms. The largest absolute Gasteiger partial charge is 1.00 e. The molecule has 0 aliphatic heterocycles. The van der Waals surface area contributed by atoms with E-state index >= 15 is 0 Å². The molecule has 0 unspecified atom stereocenters. The van der Waals surface area contributed by atoms with E-state index in [1.165, 1.54) is 0 Å². The van der Waals surface area contributed by atoms with Crippen LogP contribution in [0.4, 0.5) is 0 Å². The number of hydrogen-bond acceptors (Lipinski definition) is 0. The molecule has 1 radical (unpaired) electrons. The summed E-state index contributed by atoms with van der Waals surface area (Å²) in [5, 5.41) is 0. The Morgan fingerprint density at radius 2 is 0.333 bits per heavy atom. The van der Waals surface area contributed by atoms with Crippen LogP contribution < -0.4 is 120 Å². The average molecular weight is 685 g/mol. The molecule has 0 aromatic heterocycles. The van der Waals surface area contributed by atoms with Crippen molar-refractivity contribution in [3.8, 4) is 0 Å². The first-order chi connectivity index (χ1) is 0. The molecule has 0 bridgehead atoms. The van der Waals surface area contributed by atoms with Crippen molar-refractivity contribution in [3.05, 3.63) is 0 Å². The van der Waals surface area contributed by atoms with Gasteiger partial charge in [0, 0.05) is 18.6 Å². The summed E-state index contributed by atoms with van der Waals surface area (Å²) in [6, 6.07) is 0. The Labute approximate surface area is 135 Å². The molecule has 0 heterocycles. The van der Waals surface area contributed by atoms with Crippen molar-refractivity contribution in [1.82, 2.24) is 0 Å². The van der Waals surface area contributed by atoms with Gasteiger partial charge in [-0.25, -0.2) is 0 Å². The van der Waals surface area contributed by atoms with Gasteiger partial charge in [0.1, 0.15) is 0 Å². The predicted octanol–water partition coefficient (Wildman–Crippen LogP) is -15.0. The van der Waals surface area contributed by atoms with Gasteiger partial charge in [-0.3, -0.25) is 0 Å². The third-order valence-corrected chi connectivity index (χ3v) is 0. The SMILES string of the molecule is [I-].[I-].[I-].[I-].[I-].[V]. The van der Waals surface area contributed by atoms with Gasteiger partial charge in [-0.15, -0.1) is 0 Å². The fourth-order valence-corrected chi connectivity index (χ4v) is 0. The maximum absolute atomic E-state index is 0. The summed E-state index contributed by atoms with van der Waals surface area (Å²) in [6.45, 7) is 0. The number of halogens is 5. The molecule has 0 nitrogen and oxygen atoms in total. The molecule has 0 saturated carbocycles. The van der Waals surface area contributed by atoms with Crippen molar-refractivity contribution in [2.45, 2.75) is 0 Å². The van der Waals surface area contributed by atoms with E-state index in [0.717, 1.165) is 0 Å². The van der Waals surface area contributed by atoms with Crippen LogP contribution in [0.2, 0.25) is 0 Å². The van der Waals surface area contributed by atoms with Gasteiger partial charge >= 0.3 is 0 Å². The Morgan fingerprint density at radius 1 is 0.333 bits per heavy atom. The molecule has 0 aromatic carbocycles. The molecule has 0 fully saturated rings. The van der Waals surface area contributed by atoms with Gasteiger partial charge in [-0.2, -0.15) is 0 Å². The van der Waals surface area contributed by atoms with Crippen molar-refractivity contribution in [2.75, 3.05) is 0 Å². The van der Waals surface area contributed by atoms with Gasteiger partial charge in [0.05, 0.1) is 0 Å². The molecule has 0 atom stereocenters. The summed E-state index contributed by atoms with van der Waals surface area (Å²) in [6.07, 6.45) is 0. The van der Waals surface area contributed by atoms with Gasteiger partial charge < -0.3 is 120 Å². The van der Waals surface area contributed by atoms with Crippen LogP contribution in [-0.2, 0) is 18.6 Å². The molecule has 0 rings (SSSR count). The van der Waals surface area contributed by atoms with Crippen molar-refractivity contribution in [1.29, 1.82) is 0 Å². The van der Waals surface area contributed by atoms with E-state index in [0.29, 0.717) is 0 Å². The normalized spacial score (nSPS) is 0. The first kappa shape index (κ1) is 48.7. The molecule has 45 valence electrons. The Kier molecular flexibility index (Phi) is 283. The summed E-state index contributed by atoms with van der Waals surface area (Å²) < 4.78 is 0. The minimum atomic E-state index is 0. The maximum atomic E-state index is 0. The zero-order valence-corrected chi connectivity index (χ0v) is 14.5. The van der Waals surface area contributed by atoms with E-state index < -0.39 is 0 Å². The first-order valence-electron chi connectivity index (χ1n) is 0. The van der Waals surface area contributed by atoms with Gasteiger partial charge in [-0.05, 0) is 0 Å². The van der Waals surface area contributed by atoms with Gasteiger partial charge in [-0.1, -0.05) is 0 Å². The van der Waals surface area contributed by atoms with Crippen molar-refractivity contribution >= 4 is 0 Å². The van der Waals surface area contributed by atoms with E-state index in [1.54, 1.807) is 0 Å². The van der Waals surface area contributed by atoms with Crippen LogP contribution in [0.5, 0.6) is 0 Å². The van der Waals surface area contributed by atoms with E-state index in [-0.39, 0.29) is 138 Å². The first-order valence-corrected chi connectivity index (χ1v) is 0. The number of rotatable bonds is 0. The minimum Gasteiger partial charge on any atom is -1.00 e. The topological polar surface area (TPSA) is 0 Å². The Hall–Kier alpha value is 4.23. The third-order valence-electron chi connectivity index (χ3n) is 0. The summed E-state index contributed by atoms with van der Waals surface area (Å²) in [5.74, 6) is 0. The molecule has 0 N–H and O–H groups in total. The van der Waals surface area contributed by atoms with E-state index in [1.807, 2.05) is 0 Å². The second-order valence-corrected chi connectivity index (χ2v) is 0. The quantitative estimate of drug-likeness (QED) is 0.223. The van der Waals surface area contributed by atoms with Crippen LogP contribution in [0.3, 0.4) is 0 Å². The van der Waals surface area contributed by atoms with Gasteiger partial charge in [0.2, 0.25) is 0 Å². The molecule has 0 spiro atoms. The van der Waals surface area contributed by atoms with Crippen LogP contribution in [-0.4, -0.2) is 0 Å². The van der Waals surface area contributed by atoms with E-state index in [2.05, 4.69) is 0 Å². The summed E-state index contributed by atoms with van der Waals surface area (Å²) >= 11 is 0. The van der Waals surface area contributed by atoms with Crippen molar-refractivity contribution < 1.29 is 138 Å². The fourth-order valence-electron chi connectivity index (χ4n) is 0. The van der Waals surface area contributed by atoms with Gasteiger partial charge in [0.25, 0.3) is 0 Å². The summed E-state index contributed by atoms with van der Waals surface area (Å²) in [5.41, 5.74) is 0. The standard InChI is InChI=1S/5HI.V/h5*1H;/p-5. The van der Waals surface area contributed by atoms with E-state index in [9.17, 15) is 0 Å². The average Bonchev–Trinajstić information content (AvgIpc) is 0. The minimum absolute atomic E-state index is 0. The number of hydrogen-bond donors (Lipinski definition) is 0. The summed E-state index contributed by atoms with van der Waals surface area (Å²) in [4.78, 5) is 0. The van der Waals surface area contributed by atoms with Crippen LogP contribution in [0.1, 0.15) is 0 Å². The second kappa shape index (κ2) is 34.9. The van der Waals surface area contributed by atoms with E-state index in [4.69, 9.17) is 0 Å². The van der Waals surface area contributed by atoms with Crippen LogP contribution in [0.25, 0.3) is 0 Å². The Morgan fingerprint density at radius 3 is 0.333 bits per heavy atom. The van der Waals surface area contributed by atoms with Crippen LogP contribution in [0, 0.1) is 0 Å². The Bertz CT molecular complexity index is 3.90. The summed E-state index contributed by atoms with van der Waals surface area (Å²) in [7, 11) is 0.